The number of nitrogens with two attached hydrogens (primary N) is 1. The van der Waals surface area contributed by atoms with Crippen LogP contribution in [0.5, 0.6) is 0 Å². The molecule has 1 fully saturated rings. The summed E-state index contributed by atoms with van der Waals surface area (Å²) < 4.78 is 0. The number of carbonyl (C=O) groups excluding carboxylic acids is 1. The highest BCUT2D eigenvalue weighted by atomic mass is 35.5. The lowest BCUT2D eigenvalue weighted by Crippen LogP contribution is -2.31. The molecule has 1 saturated heterocycles. The minimum atomic E-state index is -0.147. The van der Waals surface area contributed by atoms with Crippen molar-refractivity contribution < 1.29 is 4.79 Å². The molecule has 1 aromatic heterocycles. The van der Waals surface area contributed by atoms with Crippen LogP contribution in [-0.4, -0.2) is 40.4 Å². The van der Waals surface area contributed by atoms with Gasteiger partial charge in [-0.15, -0.1) is 0 Å². The van der Waals surface area contributed by atoms with E-state index in [2.05, 4.69) is 22.1 Å². The molecule has 0 saturated carbocycles. The summed E-state index contributed by atoms with van der Waals surface area (Å²) in [4.78, 5) is 23.4. The van der Waals surface area contributed by atoms with Crippen LogP contribution < -0.4 is 5.73 Å². The molecule has 3 rings (SSSR count). The average molecular weight is 359 g/mol. The van der Waals surface area contributed by atoms with Crippen LogP contribution in [0.2, 0.25) is 5.02 Å². The Morgan fingerprint density at radius 1 is 1.32 bits per heavy atom. The van der Waals surface area contributed by atoms with E-state index in [4.69, 9.17) is 17.3 Å². The third kappa shape index (κ3) is 3.67. The van der Waals surface area contributed by atoms with Gasteiger partial charge in [0.1, 0.15) is 5.82 Å². The fraction of sp³-hybridized carbons (Fsp3) is 0.421. The van der Waals surface area contributed by atoms with Crippen LogP contribution in [0.1, 0.15) is 47.6 Å². The first kappa shape index (κ1) is 17.8. The van der Waals surface area contributed by atoms with Crippen LogP contribution in [0, 0.1) is 5.92 Å². The highest BCUT2D eigenvalue weighted by Gasteiger charge is 2.36. The highest BCUT2D eigenvalue weighted by molar-refractivity contribution is 6.33. The van der Waals surface area contributed by atoms with Crippen LogP contribution in [0.4, 0.5) is 0 Å². The van der Waals surface area contributed by atoms with E-state index >= 15 is 0 Å². The monoisotopic (exact) mass is 358 g/mol. The highest BCUT2D eigenvalue weighted by Crippen LogP contribution is 2.33. The maximum atomic E-state index is 13.0. The molecule has 25 heavy (non-hydrogen) atoms. The van der Waals surface area contributed by atoms with Crippen molar-refractivity contribution in [2.24, 2.45) is 11.7 Å². The molecular weight excluding hydrogens is 336 g/mol. The van der Waals surface area contributed by atoms with E-state index in [1.54, 1.807) is 0 Å². The Morgan fingerprint density at radius 2 is 2.04 bits per heavy atom. The molecular formula is C19H23ClN4O. The molecule has 2 N–H and O–H groups in total. The lowest BCUT2D eigenvalue weighted by Gasteiger charge is -2.17. The normalized spacial score (nSPS) is 20.3. The van der Waals surface area contributed by atoms with Gasteiger partial charge in [-0.3, -0.25) is 4.79 Å². The third-order valence-electron chi connectivity index (χ3n) is 4.74. The van der Waals surface area contributed by atoms with Crippen molar-refractivity contribution in [2.45, 2.75) is 25.7 Å². The zero-order valence-corrected chi connectivity index (χ0v) is 15.3. The first-order chi connectivity index (χ1) is 12.0. The molecule has 0 radical (unpaired) electrons. The Bertz CT molecular complexity index is 750. The molecule has 1 amide bonds. The van der Waals surface area contributed by atoms with Gasteiger partial charge in [0.25, 0.3) is 5.91 Å². The molecule has 0 aliphatic carbocycles. The number of benzene rings is 1. The predicted octanol–water partition coefficient (Wildman–Crippen LogP) is 3.07. The molecule has 6 heteroatoms. The predicted molar refractivity (Wildman–Crippen MR) is 98.8 cm³/mol. The molecule has 2 atom stereocenters. The van der Waals surface area contributed by atoms with Crippen molar-refractivity contribution in [3.8, 4) is 0 Å². The molecule has 132 valence electrons. The second-order valence-corrected chi connectivity index (χ2v) is 7.21. The molecule has 5 nitrogen and oxygen atoms in total. The van der Waals surface area contributed by atoms with Gasteiger partial charge in [-0.1, -0.05) is 55.8 Å². The number of aromatic nitrogens is 2. The Kier molecular flexibility index (Phi) is 5.35. The van der Waals surface area contributed by atoms with Crippen LogP contribution >= 0.6 is 11.6 Å². The molecule has 0 unspecified atom stereocenters. The summed E-state index contributed by atoms with van der Waals surface area (Å²) >= 11 is 6.20. The number of nitrogens with zero attached hydrogens (tertiary/aromatic N) is 3. The summed E-state index contributed by atoms with van der Waals surface area (Å²) in [6.45, 7) is 5.76. The lowest BCUT2D eigenvalue weighted by atomic mass is 9.89. The second-order valence-electron chi connectivity index (χ2n) is 6.80. The summed E-state index contributed by atoms with van der Waals surface area (Å²) in [5.74, 6) is 1.08. The van der Waals surface area contributed by atoms with Crippen molar-refractivity contribution in [3.63, 3.8) is 0 Å². The van der Waals surface area contributed by atoms with E-state index in [9.17, 15) is 4.79 Å². The van der Waals surface area contributed by atoms with E-state index in [1.165, 1.54) is 11.8 Å². The van der Waals surface area contributed by atoms with Crippen molar-refractivity contribution in [1.82, 2.24) is 14.9 Å². The number of likely N-dealkylation sites (tertiary alicyclic amines) is 1. The number of carbonyl (C=O) groups is 1. The molecule has 1 aliphatic rings. The zero-order valence-electron chi connectivity index (χ0n) is 14.5. The number of halogens is 1. The maximum Gasteiger partial charge on any atom is 0.274 e. The summed E-state index contributed by atoms with van der Waals surface area (Å²) in [6.07, 6.45) is 1.52. The molecule has 1 aromatic carbocycles. The van der Waals surface area contributed by atoms with Gasteiger partial charge < -0.3 is 10.6 Å². The van der Waals surface area contributed by atoms with Gasteiger partial charge in [-0.25, -0.2) is 9.97 Å². The maximum absolute atomic E-state index is 13.0. The number of hydrogen-bond acceptors (Lipinski definition) is 4. The topological polar surface area (TPSA) is 72.1 Å². The molecule has 0 spiro atoms. The summed E-state index contributed by atoms with van der Waals surface area (Å²) in [5, 5.41) is 0.293. The van der Waals surface area contributed by atoms with Crippen molar-refractivity contribution in [2.75, 3.05) is 19.6 Å². The Labute approximate surface area is 153 Å². The van der Waals surface area contributed by atoms with Gasteiger partial charge in [0, 0.05) is 24.9 Å². The standard InChI is InChI=1S/C19H23ClN4O/c1-12(2)18-22-9-16(20)17(23-18)19(25)24-10-14(8-21)15(11-24)13-6-4-3-5-7-13/h3-7,9,12,14-15H,8,10-11,21H2,1-2H3/t14-,15+/m1/s1. The summed E-state index contributed by atoms with van der Waals surface area (Å²) in [5.41, 5.74) is 7.46. The lowest BCUT2D eigenvalue weighted by molar-refractivity contribution is 0.0780. The van der Waals surface area contributed by atoms with Gasteiger partial charge in [0.2, 0.25) is 0 Å². The largest absolute Gasteiger partial charge is 0.336 e. The van der Waals surface area contributed by atoms with Crippen LogP contribution in [0.3, 0.4) is 0 Å². The SMILES string of the molecule is CC(C)c1ncc(Cl)c(C(=O)N2C[C@@H](CN)[C@H](c3ccccc3)C2)n1. The first-order valence-electron chi connectivity index (χ1n) is 8.58. The van der Waals surface area contributed by atoms with Crippen molar-refractivity contribution >= 4 is 17.5 Å². The first-order valence-corrected chi connectivity index (χ1v) is 8.95. The Balaban J connectivity index is 1.85. The van der Waals surface area contributed by atoms with Gasteiger partial charge in [0.05, 0.1) is 11.2 Å². The number of rotatable bonds is 4. The average Bonchev–Trinajstić information content (AvgIpc) is 3.06. The van der Waals surface area contributed by atoms with Crippen LogP contribution in [0.25, 0.3) is 0 Å². The van der Waals surface area contributed by atoms with E-state index in [0.717, 1.165) is 0 Å². The smallest absolute Gasteiger partial charge is 0.274 e. The minimum absolute atomic E-state index is 0.135. The van der Waals surface area contributed by atoms with Gasteiger partial charge in [-0.2, -0.15) is 0 Å². The molecule has 2 aromatic rings. The Morgan fingerprint density at radius 3 is 2.68 bits per heavy atom. The number of hydrogen-bond donors (Lipinski definition) is 1. The molecule has 0 bridgehead atoms. The second kappa shape index (κ2) is 7.50. The quantitative estimate of drug-likeness (QED) is 0.911. The van der Waals surface area contributed by atoms with E-state index < -0.39 is 0 Å². The Hall–Kier alpha value is -1.98. The number of amides is 1. The molecule has 1 aliphatic heterocycles. The fourth-order valence-electron chi connectivity index (χ4n) is 3.31. The van der Waals surface area contributed by atoms with Gasteiger partial charge >= 0.3 is 0 Å². The fourth-order valence-corrected chi connectivity index (χ4v) is 3.48. The van der Waals surface area contributed by atoms with E-state index in [-0.39, 0.29) is 29.4 Å². The summed E-state index contributed by atoms with van der Waals surface area (Å²) in [7, 11) is 0. The van der Waals surface area contributed by atoms with E-state index in [1.807, 2.05) is 36.9 Å². The summed E-state index contributed by atoms with van der Waals surface area (Å²) in [6, 6.07) is 10.2. The van der Waals surface area contributed by atoms with E-state index in [0.29, 0.717) is 30.5 Å². The van der Waals surface area contributed by atoms with Crippen LogP contribution in [0.15, 0.2) is 36.5 Å². The zero-order chi connectivity index (χ0) is 18.0. The minimum Gasteiger partial charge on any atom is -0.336 e. The van der Waals surface area contributed by atoms with Crippen LogP contribution in [-0.2, 0) is 0 Å². The van der Waals surface area contributed by atoms with Crippen molar-refractivity contribution in [3.05, 3.63) is 58.6 Å². The third-order valence-corrected chi connectivity index (χ3v) is 5.02. The van der Waals surface area contributed by atoms with Crippen molar-refractivity contribution in [1.29, 1.82) is 0 Å². The van der Waals surface area contributed by atoms with Gasteiger partial charge in [0.15, 0.2) is 5.69 Å². The van der Waals surface area contributed by atoms with Gasteiger partial charge in [-0.05, 0) is 18.0 Å². The molecule has 2 heterocycles.